The first-order valence-electron chi connectivity index (χ1n) is 3.36. The molecule has 0 saturated carbocycles. The number of nitrogens with zero attached hydrogens (tertiary/aromatic N) is 2. The van der Waals surface area contributed by atoms with Gasteiger partial charge in [-0.3, -0.25) is 0 Å². The highest BCUT2D eigenvalue weighted by Gasteiger charge is 1.86. The monoisotopic (exact) mass is 154 g/mol. The van der Waals surface area contributed by atoms with Crippen molar-refractivity contribution >= 4 is 12.2 Å². The van der Waals surface area contributed by atoms with Gasteiger partial charge in [0, 0.05) is 18.9 Å². The van der Waals surface area contributed by atoms with Gasteiger partial charge in [0.2, 0.25) is 0 Å². The van der Waals surface area contributed by atoms with E-state index in [0.717, 1.165) is 13.0 Å². The van der Waals surface area contributed by atoms with Gasteiger partial charge in [0.05, 0.1) is 0 Å². The van der Waals surface area contributed by atoms with E-state index in [0.29, 0.717) is 4.77 Å². The Kier molecular flexibility index (Phi) is 2.57. The molecule has 0 unspecified atom stereocenters. The van der Waals surface area contributed by atoms with Crippen LogP contribution in [0.25, 0.3) is 0 Å². The molecular weight excluding hydrogens is 144 g/mol. The summed E-state index contributed by atoms with van der Waals surface area (Å²) >= 11 is 4.97. The minimum Gasteiger partial charge on any atom is -0.324 e. The molecule has 1 rings (SSSR count). The van der Waals surface area contributed by atoms with Crippen molar-refractivity contribution < 1.29 is 0 Å². The van der Waals surface area contributed by atoms with Gasteiger partial charge in [0.25, 0.3) is 0 Å². The molecule has 0 radical (unpaired) electrons. The van der Waals surface area contributed by atoms with Crippen LogP contribution in [-0.2, 0) is 6.54 Å². The lowest BCUT2D eigenvalue weighted by molar-refractivity contribution is 0.651. The molecule has 0 spiro atoms. The highest BCUT2D eigenvalue weighted by atomic mass is 32.1. The van der Waals surface area contributed by atoms with Crippen LogP contribution in [0.15, 0.2) is 18.5 Å². The second-order valence-electron chi connectivity index (χ2n) is 2.10. The molecule has 0 saturated heterocycles. The van der Waals surface area contributed by atoms with Crippen LogP contribution in [0.4, 0.5) is 0 Å². The van der Waals surface area contributed by atoms with Crippen molar-refractivity contribution in [3.63, 3.8) is 0 Å². The summed E-state index contributed by atoms with van der Waals surface area (Å²) in [4.78, 5) is 3.98. The van der Waals surface area contributed by atoms with E-state index in [9.17, 15) is 0 Å². The smallest absolute Gasteiger partial charge is 0.199 e. The van der Waals surface area contributed by atoms with E-state index < -0.39 is 0 Å². The van der Waals surface area contributed by atoms with Crippen molar-refractivity contribution in [1.29, 1.82) is 0 Å². The standard InChI is InChI=1S/C7H10N2S/c1-2-5-9-6-3-4-8-7(9)10/h3-4,6H,2,5H2,1H3. The van der Waals surface area contributed by atoms with Gasteiger partial charge in [-0.15, -0.1) is 0 Å². The quantitative estimate of drug-likeness (QED) is 0.606. The topological polar surface area (TPSA) is 17.8 Å². The lowest BCUT2D eigenvalue weighted by Crippen LogP contribution is -1.99. The Labute approximate surface area is 65.5 Å². The van der Waals surface area contributed by atoms with Crippen LogP contribution >= 0.6 is 12.2 Å². The predicted octanol–water partition coefficient (Wildman–Crippen LogP) is 2.02. The molecule has 0 N–H and O–H groups in total. The highest BCUT2D eigenvalue weighted by molar-refractivity contribution is 7.71. The second kappa shape index (κ2) is 3.46. The minimum atomic E-state index is 0.671. The Morgan fingerprint density at radius 3 is 3.10 bits per heavy atom. The van der Waals surface area contributed by atoms with Gasteiger partial charge in [-0.1, -0.05) is 6.92 Å². The van der Waals surface area contributed by atoms with Gasteiger partial charge in [0.15, 0.2) is 4.77 Å². The van der Waals surface area contributed by atoms with E-state index in [-0.39, 0.29) is 0 Å². The van der Waals surface area contributed by atoms with Crippen molar-refractivity contribution in [2.75, 3.05) is 0 Å². The summed E-state index contributed by atoms with van der Waals surface area (Å²) < 4.78 is 2.64. The Balaban J connectivity index is 2.92. The molecule has 0 atom stereocenters. The number of hydrogen-bond donors (Lipinski definition) is 0. The van der Waals surface area contributed by atoms with Crippen LogP contribution in [0.3, 0.4) is 0 Å². The fraction of sp³-hybridized carbons (Fsp3) is 0.429. The number of rotatable bonds is 2. The Bertz CT molecular complexity index is 254. The summed E-state index contributed by atoms with van der Waals surface area (Å²) in [5.41, 5.74) is 0. The zero-order chi connectivity index (χ0) is 7.40. The number of aryl methyl sites for hydroxylation is 1. The zero-order valence-corrected chi connectivity index (χ0v) is 6.77. The molecule has 1 heterocycles. The van der Waals surface area contributed by atoms with Crippen LogP contribution in [-0.4, -0.2) is 9.55 Å². The predicted molar refractivity (Wildman–Crippen MR) is 43.4 cm³/mol. The largest absolute Gasteiger partial charge is 0.324 e. The van der Waals surface area contributed by atoms with Gasteiger partial charge in [-0.05, 0) is 24.7 Å². The van der Waals surface area contributed by atoms with Gasteiger partial charge < -0.3 is 4.57 Å². The molecule has 1 aromatic rings. The van der Waals surface area contributed by atoms with Crippen molar-refractivity contribution in [2.45, 2.75) is 19.9 Å². The normalized spacial score (nSPS) is 9.70. The Morgan fingerprint density at radius 2 is 2.50 bits per heavy atom. The van der Waals surface area contributed by atoms with E-state index in [1.54, 1.807) is 6.20 Å². The summed E-state index contributed by atoms with van der Waals surface area (Å²) in [6, 6.07) is 1.89. The summed E-state index contributed by atoms with van der Waals surface area (Å²) in [6.07, 6.45) is 4.77. The average Bonchev–Trinajstić information content (AvgIpc) is 1.94. The van der Waals surface area contributed by atoms with Crippen molar-refractivity contribution in [3.05, 3.63) is 23.2 Å². The van der Waals surface area contributed by atoms with Gasteiger partial charge >= 0.3 is 0 Å². The van der Waals surface area contributed by atoms with Crippen LogP contribution in [0.2, 0.25) is 0 Å². The van der Waals surface area contributed by atoms with Crippen LogP contribution in [0.5, 0.6) is 0 Å². The number of aromatic nitrogens is 2. The lowest BCUT2D eigenvalue weighted by atomic mass is 10.5. The Hall–Kier alpha value is -0.700. The molecule has 0 aliphatic heterocycles. The molecule has 0 amide bonds. The Morgan fingerprint density at radius 1 is 1.70 bits per heavy atom. The molecule has 0 aliphatic rings. The summed E-state index contributed by atoms with van der Waals surface area (Å²) in [7, 11) is 0. The molecule has 1 aromatic heterocycles. The maximum atomic E-state index is 4.97. The second-order valence-corrected chi connectivity index (χ2v) is 2.46. The zero-order valence-electron chi connectivity index (χ0n) is 5.95. The van der Waals surface area contributed by atoms with E-state index in [1.807, 2.05) is 16.8 Å². The van der Waals surface area contributed by atoms with Crippen LogP contribution < -0.4 is 0 Å². The third-order valence-electron chi connectivity index (χ3n) is 1.25. The molecule has 3 heteroatoms. The van der Waals surface area contributed by atoms with E-state index in [1.165, 1.54) is 0 Å². The van der Waals surface area contributed by atoms with Crippen LogP contribution in [0.1, 0.15) is 13.3 Å². The molecule has 54 valence electrons. The first-order chi connectivity index (χ1) is 4.84. The fourth-order valence-electron chi connectivity index (χ4n) is 0.798. The number of hydrogen-bond acceptors (Lipinski definition) is 2. The molecule has 0 fully saturated rings. The van der Waals surface area contributed by atoms with Gasteiger partial charge in [-0.25, -0.2) is 4.98 Å². The van der Waals surface area contributed by atoms with Gasteiger partial charge in [-0.2, -0.15) is 0 Å². The summed E-state index contributed by atoms with van der Waals surface area (Å²) in [5, 5.41) is 0. The summed E-state index contributed by atoms with van der Waals surface area (Å²) in [5.74, 6) is 0. The van der Waals surface area contributed by atoms with E-state index in [4.69, 9.17) is 12.2 Å². The molecule has 2 nitrogen and oxygen atoms in total. The first-order valence-corrected chi connectivity index (χ1v) is 3.77. The molecule has 10 heavy (non-hydrogen) atoms. The SMILES string of the molecule is CCCn1cccnc1=S. The summed E-state index contributed by atoms with van der Waals surface area (Å²) in [6.45, 7) is 3.08. The molecule has 0 aromatic carbocycles. The third-order valence-corrected chi connectivity index (χ3v) is 1.59. The fourth-order valence-corrected chi connectivity index (χ4v) is 1.01. The first kappa shape index (κ1) is 7.41. The van der Waals surface area contributed by atoms with Crippen molar-refractivity contribution in [3.8, 4) is 0 Å². The van der Waals surface area contributed by atoms with Crippen molar-refractivity contribution in [1.82, 2.24) is 9.55 Å². The van der Waals surface area contributed by atoms with Gasteiger partial charge in [0.1, 0.15) is 0 Å². The molecular formula is C7H10N2S. The van der Waals surface area contributed by atoms with Crippen molar-refractivity contribution in [2.24, 2.45) is 0 Å². The van der Waals surface area contributed by atoms with E-state index in [2.05, 4.69) is 11.9 Å². The average molecular weight is 154 g/mol. The van der Waals surface area contributed by atoms with E-state index >= 15 is 0 Å². The molecule has 0 bridgehead atoms. The van der Waals surface area contributed by atoms with Crippen LogP contribution in [0, 0.1) is 4.77 Å². The molecule has 0 aliphatic carbocycles. The maximum absolute atomic E-state index is 4.97. The third kappa shape index (κ3) is 1.64. The maximum Gasteiger partial charge on any atom is 0.199 e. The lowest BCUT2D eigenvalue weighted by Gasteiger charge is -2.00. The minimum absolute atomic E-state index is 0.671. The highest BCUT2D eigenvalue weighted by Crippen LogP contribution is 1.91.